The number of piperidine rings is 1. The van der Waals surface area contributed by atoms with Gasteiger partial charge in [0.1, 0.15) is 0 Å². The maximum Gasteiger partial charge on any atom is 0.0601 e. The molecule has 1 N–H and O–H groups in total. The van der Waals surface area contributed by atoms with Gasteiger partial charge in [0.05, 0.1) is 12.6 Å². The molecule has 0 aromatic rings. The van der Waals surface area contributed by atoms with Crippen LogP contribution in [-0.4, -0.2) is 35.7 Å². The highest BCUT2D eigenvalue weighted by atomic mass is 16.3. The molecular weight excluding hydrogens is 150 g/mol. The van der Waals surface area contributed by atoms with E-state index in [0.29, 0.717) is 0 Å². The van der Waals surface area contributed by atoms with Crippen LogP contribution in [0.2, 0.25) is 0 Å². The second-order valence-corrected chi connectivity index (χ2v) is 3.21. The van der Waals surface area contributed by atoms with E-state index >= 15 is 0 Å². The van der Waals surface area contributed by atoms with Crippen molar-refractivity contribution in [3.05, 3.63) is 0 Å². The summed E-state index contributed by atoms with van der Waals surface area (Å²) in [7, 11) is 0. The molecule has 0 aliphatic carbocycles. The Morgan fingerprint density at radius 2 is 2.00 bits per heavy atom. The van der Waals surface area contributed by atoms with Gasteiger partial charge in [-0.1, -0.05) is 12.8 Å². The van der Waals surface area contributed by atoms with E-state index in [2.05, 4.69) is 23.7 Å². The predicted molar refractivity (Wildman–Crippen MR) is 49.7 cm³/mol. The Morgan fingerprint density at radius 1 is 1.33 bits per heavy atom. The summed E-state index contributed by atoms with van der Waals surface area (Å²) in [5.41, 5.74) is 0. The molecule has 2 nitrogen and oxygen atoms in total. The van der Waals surface area contributed by atoms with E-state index in [4.69, 9.17) is 0 Å². The van der Waals surface area contributed by atoms with E-state index in [1.807, 2.05) is 0 Å². The van der Waals surface area contributed by atoms with Crippen LogP contribution in [0.25, 0.3) is 0 Å². The summed E-state index contributed by atoms with van der Waals surface area (Å²) in [4.78, 5) is 2.30. The van der Waals surface area contributed by atoms with Gasteiger partial charge in [-0.2, -0.15) is 0 Å². The van der Waals surface area contributed by atoms with Crippen molar-refractivity contribution < 1.29 is 5.11 Å². The van der Waals surface area contributed by atoms with Gasteiger partial charge in [-0.3, -0.25) is 4.90 Å². The number of rotatable bonds is 1. The fourth-order valence-corrected chi connectivity index (χ4v) is 1.37. The maximum absolute atomic E-state index is 9.24. The molecule has 0 aromatic heterocycles. The van der Waals surface area contributed by atoms with Crippen molar-refractivity contribution in [2.45, 2.75) is 32.3 Å². The van der Waals surface area contributed by atoms with Crippen molar-refractivity contribution in [2.75, 3.05) is 19.6 Å². The van der Waals surface area contributed by atoms with Gasteiger partial charge in [0.2, 0.25) is 0 Å². The molecule has 1 aliphatic rings. The van der Waals surface area contributed by atoms with Gasteiger partial charge in [-0.25, -0.2) is 0 Å². The number of hydrogen-bond donors (Lipinski definition) is 1. The Kier molecular flexibility index (Phi) is 4.13. The summed E-state index contributed by atoms with van der Waals surface area (Å²) in [5.74, 6) is 6.17. The molecule has 68 valence electrons. The quantitative estimate of drug-likeness (QED) is 0.585. The Morgan fingerprint density at radius 3 is 2.58 bits per heavy atom. The highest BCUT2D eigenvalue weighted by molar-refractivity contribution is 5.00. The van der Waals surface area contributed by atoms with E-state index in [9.17, 15) is 5.11 Å². The molecule has 1 heterocycles. The Bertz CT molecular complexity index is 172. The van der Waals surface area contributed by atoms with Crippen LogP contribution in [0, 0.1) is 11.8 Å². The van der Waals surface area contributed by atoms with Gasteiger partial charge in [0, 0.05) is 19.5 Å². The lowest BCUT2D eigenvalue weighted by atomic mass is 10.1. The summed E-state index contributed by atoms with van der Waals surface area (Å²) >= 11 is 0. The summed E-state index contributed by atoms with van der Waals surface area (Å²) in [5, 5.41) is 9.24. The summed E-state index contributed by atoms with van der Waals surface area (Å²) in [6.45, 7) is 4.94. The topological polar surface area (TPSA) is 23.5 Å². The van der Waals surface area contributed by atoms with Crippen LogP contribution in [0.1, 0.15) is 26.2 Å². The predicted octanol–water partition coefficient (Wildman–Crippen LogP) is 0.857. The van der Waals surface area contributed by atoms with Gasteiger partial charge in [-0.15, -0.1) is 5.92 Å². The second-order valence-electron chi connectivity index (χ2n) is 3.21. The summed E-state index contributed by atoms with van der Waals surface area (Å²) < 4.78 is 0. The third-order valence-corrected chi connectivity index (χ3v) is 2.16. The molecule has 1 aliphatic heterocycles. The van der Waals surface area contributed by atoms with Gasteiger partial charge in [0.15, 0.2) is 0 Å². The zero-order valence-corrected chi connectivity index (χ0v) is 7.71. The van der Waals surface area contributed by atoms with Crippen molar-refractivity contribution in [1.29, 1.82) is 0 Å². The lowest BCUT2D eigenvalue weighted by Crippen LogP contribution is -2.35. The molecule has 1 rings (SSSR count). The first kappa shape index (κ1) is 9.57. The number of likely N-dealkylation sites (tertiary alicyclic amines) is 1. The molecule has 2 heteroatoms. The van der Waals surface area contributed by atoms with Gasteiger partial charge in [-0.05, 0) is 12.8 Å². The summed E-state index contributed by atoms with van der Waals surface area (Å²) in [6, 6.07) is 0. The zero-order chi connectivity index (χ0) is 8.81. The minimum absolute atomic E-state index is 0.0691. The van der Waals surface area contributed by atoms with Crippen LogP contribution in [0.4, 0.5) is 0 Å². The van der Waals surface area contributed by atoms with Crippen LogP contribution in [0.3, 0.4) is 0 Å². The van der Waals surface area contributed by atoms with Crippen molar-refractivity contribution >= 4 is 0 Å². The molecule has 0 spiro atoms. The molecule has 0 saturated carbocycles. The Balaban J connectivity index is 2.17. The number of aliphatic hydroxyl groups is 1. The summed E-state index contributed by atoms with van der Waals surface area (Å²) in [6.07, 6.45) is 2.69. The number of aliphatic hydroxyl groups excluding tert-OH is 1. The molecule has 1 fully saturated rings. The fraction of sp³-hybridized carbons (Fsp3) is 0.800. The van der Waals surface area contributed by atoms with Crippen LogP contribution < -0.4 is 0 Å². The van der Waals surface area contributed by atoms with Crippen molar-refractivity contribution in [1.82, 2.24) is 4.90 Å². The minimum Gasteiger partial charge on any atom is -0.393 e. The van der Waals surface area contributed by atoms with E-state index < -0.39 is 0 Å². The van der Waals surface area contributed by atoms with E-state index in [-0.39, 0.29) is 6.10 Å². The highest BCUT2D eigenvalue weighted by Gasteiger charge is 2.15. The molecule has 0 amide bonds. The first-order valence-electron chi connectivity index (χ1n) is 4.69. The smallest absolute Gasteiger partial charge is 0.0601 e. The Labute approximate surface area is 74.6 Å². The monoisotopic (exact) mass is 167 g/mol. The van der Waals surface area contributed by atoms with E-state index in [1.165, 1.54) is 0 Å². The molecular formula is C10H17NO. The zero-order valence-electron chi connectivity index (χ0n) is 7.71. The molecule has 0 atom stereocenters. The van der Waals surface area contributed by atoms with Gasteiger partial charge in [0.25, 0.3) is 0 Å². The van der Waals surface area contributed by atoms with Crippen LogP contribution in [0.15, 0.2) is 0 Å². The largest absolute Gasteiger partial charge is 0.393 e. The standard InChI is InChI=1S/C10H17NO/c1-2-3-4-7-11-8-5-10(12)6-9-11/h10,12H,2,5-9H2,1H3. The highest BCUT2D eigenvalue weighted by Crippen LogP contribution is 2.08. The third-order valence-electron chi connectivity index (χ3n) is 2.16. The molecule has 0 aromatic carbocycles. The van der Waals surface area contributed by atoms with E-state index in [1.54, 1.807) is 0 Å². The van der Waals surface area contributed by atoms with Crippen molar-refractivity contribution in [3.8, 4) is 11.8 Å². The Hall–Kier alpha value is -0.520. The molecule has 0 bridgehead atoms. The first-order valence-corrected chi connectivity index (χ1v) is 4.69. The fourth-order valence-electron chi connectivity index (χ4n) is 1.37. The van der Waals surface area contributed by atoms with Crippen LogP contribution >= 0.6 is 0 Å². The number of hydrogen-bond acceptors (Lipinski definition) is 2. The lowest BCUT2D eigenvalue weighted by Gasteiger charge is -2.27. The van der Waals surface area contributed by atoms with E-state index in [0.717, 1.165) is 38.9 Å². The van der Waals surface area contributed by atoms with Crippen LogP contribution in [0.5, 0.6) is 0 Å². The maximum atomic E-state index is 9.24. The lowest BCUT2D eigenvalue weighted by molar-refractivity contribution is 0.0889. The second kappa shape index (κ2) is 5.18. The SMILES string of the molecule is CCC#CCN1CCC(O)CC1. The molecule has 12 heavy (non-hydrogen) atoms. The van der Waals surface area contributed by atoms with Crippen molar-refractivity contribution in [2.24, 2.45) is 0 Å². The molecule has 1 saturated heterocycles. The van der Waals surface area contributed by atoms with Crippen LogP contribution in [-0.2, 0) is 0 Å². The normalized spacial score (nSPS) is 20.2. The van der Waals surface area contributed by atoms with Gasteiger partial charge < -0.3 is 5.11 Å². The first-order chi connectivity index (χ1) is 5.83. The van der Waals surface area contributed by atoms with Gasteiger partial charge >= 0.3 is 0 Å². The molecule has 0 unspecified atom stereocenters. The third kappa shape index (κ3) is 3.25. The average molecular weight is 167 g/mol. The number of nitrogens with zero attached hydrogens (tertiary/aromatic N) is 1. The van der Waals surface area contributed by atoms with Crippen molar-refractivity contribution in [3.63, 3.8) is 0 Å². The molecule has 0 radical (unpaired) electrons. The minimum atomic E-state index is -0.0691. The average Bonchev–Trinajstić information content (AvgIpc) is 2.09.